The molecule has 2 N–H and O–H groups in total. The highest BCUT2D eigenvalue weighted by molar-refractivity contribution is 5.81. The molecule has 2 atom stereocenters. The largest absolute Gasteiger partial charge is 0.382 e. The third-order valence-electron chi connectivity index (χ3n) is 5.18. The van der Waals surface area contributed by atoms with E-state index in [0.29, 0.717) is 6.04 Å². The van der Waals surface area contributed by atoms with E-state index in [1.807, 2.05) is 6.20 Å². The maximum atomic E-state index is 4.09. The summed E-state index contributed by atoms with van der Waals surface area (Å²) in [5.74, 6) is 0. The molecule has 1 aromatic heterocycles. The molecule has 3 heterocycles. The zero-order chi connectivity index (χ0) is 14.2. The Balaban J connectivity index is 1.46. The molecular formula is C17H24N4. The number of fused-ring (bicyclic) bond motifs is 3. The number of anilines is 1. The van der Waals surface area contributed by atoms with Crippen molar-refractivity contribution in [2.45, 2.75) is 57.2 Å². The minimum atomic E-state index is 0.625. The van der Waals surface area contributed by atoms with Crippen LogP contribution in [0.25, 0.3) is 10.9 Å². The Kier molecular flexibility index (Phi) is 3.34. The maximum Gasteiger partial charge on any atom is 0.0651 e. The topological polar surface area (TPSA) is 44.0 Å². The SMILES string of the molecule is CCCN1C2CCC1CC(Nc1ccc3[nH]ncc3c1)C2. The number of aromatic nitrogens is 2. The van der Waals surface area contributed by atoms with Crippen LogP contribution in [-0.2, 0) is 0 Å². The lowest BCUT2D eigenvalue weighted by Gasteiger charge is -2.39. The molecule has 2 aliphatic rings. The van der Waals surface area contributed by atoms with Crippen LogP contribution in [0.15, 0.2) is 24.4 Å². The van der Waals surface area contributed by atoms with E-state index in [-0.39, 0.29) is 0 Å². The number of H-pyrrole nitrogens is 1. The third-order valence-corrected chi connectivity index (χ3v) is 5.18. The zero-order valence-electron chi connectivity index (χ0n) is 12.7. The third kappa shape index (κ3) is 2.42. The van der Waals surface area contributed by atoms with Gasteiger partial charge in [-0.25, -0.2) is 0 Å². The Bertz CT molecular complexity index is 606. The summed E-state index contributed by atoms with van der Waals surface area (Å²) in [5.41, 5.74) is 2.34. The lowest BCUT2D eigenvalue weighted by atomic mass is 9.96. The first-order chi connectivity index (χ1) is 10.3. The molecule has 0 radical (unpaired) electrons. The number of benzene rings is 1. The molecular weight excluding hydrogens is 260 g/mol. The molecule has 2 bridgehead atoms. The van der Waals surface area contributed by atoms with Gasteiger partial charge < -0.3 is 5.32 Å². The van der Waals surface area contributed by atoms with Gasteiger partial charge in [-0.15, -0.1) is 0 Å². The van der Waals surface area contributed by atoms with Crippen LogP contribution in [0.2, 0.25) is 0 Å². The van der Waals surface area contributed by atoms with Crippen molar-refractivity contribution in [3.8, 4) is 0 Å². The van der Waals surface area contributed by atoms with E-state index >= 15 is 0 Å². The van der Waals surface area contributed by atoms with Crippen LogP contribution in [-0.4, -0.2) is 39.8 Å². The van der Waals surface area contributed by atoms with E-state index in [0.717, 1.165) is 17.6 Å². The van der Waals surface area contributed by atoms with Gasteiger partial charge in [0.1, 0.15) is 0 Å². The Morgan fingerprint density at radius 2 is 2.10 bits per heavy atom. The highest BCUT2D eigenvalue weighted by Crippen LogP contribution is 2.36. The molecule has 0 saturated carbocycles. The van der Waals surface area contributed by atoms with E-state index in [4.69, 9.17) is 0 Å². The first-order valence-electron chi connectivity index (χ1n) is 8.29. The number of nitrogens with one attached hydrogen (secondary N) is 2. The molecule has 1 aromatic carbocycles. The summed E-state index contributed by atoms with van der Waals surface area (Å²) in [7, 11) is 0. The fourth-order valence-electron chi connectivity index (χ4n) is 4.28. The molecule has 2 aliphatic heterocycles. The molecule has 112 valence electrons. The number of hydrogen-bond donors (Lipinski definition) is 2. The van der Waals surface area contributed by atoms with Crippen molar-refractivity contribution >= 4 is 16.6 Å². The molecule has 0 spiro atoms. The lowest BCUT2D eigenvalue weighted by molar-refractivity contribution is 0.133. The van der Waals surface area contributed by atoms with Gasteiger partial charge in [-0.2, -0.15) is 5.10 Å². The van der Waals surface area contributed by atoms with E-state index in [1.165, 1.54) is 49.7 Å². The predicted octanol–water partition coefficient (Wildman–Crippen LogP) is 3.38. The molecule has 0 aliphatic carbocycles. The Morgan fingerprint density at radius 3 is 2.86 bits per heavy atom. The van der Waals surface area contributed by atoms with E-state index in [9.17, 15) is 0 Å². The molecule has 4 rings (SSSR count). The monoisotopic (exact) mass is 284 g/mol. The van der Waals surface area contributed by atoms with Crippen molar-refractivity contribution in [2.24, 2.45) is 0 Å². The first-order valence-corrected chi connectivity index (χ1v) is 8.29. The fourth-order valence-corrected chi connectivity index (χ4v) is 4.28. The normalized spacial score (nSPS) is 29.1. The summed E-state index contributed by atoms with van der Waals surface area (Å²) < 4.78 is 0. The molecule has 2 unspecified atom stereocenters. The predicted molar refractivity (Wildman–Crippen MR) is 86.5 cm³/mol. The second-order valence-corrected chi connectivity index (χ2v) is 6.61. The van der Waals surface area contributed by atoms with Gasteiger partial charge >= 0.3 is 0 Å². The van der Waals surface area contributed by atoms with Crippen molar-refractivity contribution in [1.29, 1.82) is 0 Å². The van der Waals surface area contributed by atoms with Crippen LogP contribution >= 0.6 is 0 Å². The van der Waals surface area contributed by atoms with Crippen LogP contribution in [0.1, 0.15) is 39.0 Å². The molecule has 4 heteroatoms. The van der Waals surface area contributed by atoms with Crippen LogP contribution < -0.4 is 5.32 Å². The van der Waals surface area contributed by atoms with Gasteiger partial charge in [-0.3, -0.25) is 10.00 Å². The fraction of sp³-hybridized carbons (Fsp3) is 0.588. The van der Waals surface area contributed by atoms with Crippen molar-refractivity contribution in [3.05, 3.63) is 24.4 Å². The molecule has 0 amide bonds. The van der Waals surface area contributed by atoms with E-state index < -0.39 is 0 Å². The second-order valence-electron chi connectivity index (χ2n) is 6.61. The smallest absolute Gasteiger partial charge is 0.0651 e. The van der Waals surface area contributed by atoms with E-state index in [2.05, 4.69) is 45.5 Å². The summed E-state index contributed by atoms with van der Waals surface area (Å²) in [6, 6.07) is 8.73. The van der Waals surface area contributed by atoms with Crippen LogP contribution in [0.4, 0.5) is 5.69 Å². The molecule has 2 fully saturated rings. The first kappa shape index (κ1) is 13.1. The van der Waals surface area contributed by atoms with Gasteiger partial charge in [-0.1, -0.05) is 6.92 Å². The average Bonchev–Trinajstić information content (AvgIpc) is 3.02. The van der Waals surface area contributed by atoms with Gasteiger partial charge in [0.05, 0.1) is 11.7 Å². The summed E-state index contributed by atoms with van der Waals surface area (Å²) in [5, 5.41) is 12.0. The Labute approximate surface area is 125 Å². The quantitative estimate of drug-likeness (QED) is 0.904. The average molecular weight is 284 g/mol. The van der Waals surface area contributed by atoms with Gasteiger partial charge in [0.15, 0.2) is 0 Å². The minimum Gasteiger partial charge on any atom is -0.382 e. The van der Waals surface area contributed by atoms with Crippen molar-refractivity contribution in [2.75, 3.05) is 11.9 Å². The van der Waals surface area contributed by atoms with Gasteiger partial charge in [-0.05, 0) is 56.8 Å². The van der Waals surface area contributed by atoms with Crippen molar-refractivity contribution < 1.29 is 0 Å². The van der Waals surface area contributed by atoms with Crippen LogP contribution in [0, 0.1) is 0 Å². The number of rotatable bonds is 4. The zero-order valence-corrected chi connectivity index (χ0v) is 12.7. The second kappa shape index (κ2) is 5.34. The standard InChI is InChI=1S/C17H24N4/c1-2-7-21-15-4-5-16(21)10-14(9-15)19-13-3-6-17-12(8-13)11-18-20-17/h3,6,8,11,14-16,19H,2,4-5,7,9-10H2,1H3,(H,18,20). The van der Waals surface area contributed by atoms with Crippen LogP contribution in [0.3, 0.4) is 0 Å². The highest BCUT2D eigenvalue weighted by atomic mass is 15.2. The summed E-state index contributed by atoms with van der Waals surface area (Å²) in [4.78, 5) is 2.76. The van der Waals surface area contributed by atoms with Crippen molar-refractivity contribution in [1.82, 2.24) is 15.1 Å². The summed E-state index contributed by atoms with van der Waals surface area (Å²) in [6.07, 6.45) is 8.55. The number of hydrogen-bond acceptors (Lipinski definition) is 3. The molecule has 4 nitrogen and oxygen atoms in total. The Morgan fingerprint density at radius 1 is 1.29 bits per heavy atom. The highest BCUT2D eigenvalue weighted by Gasteiger charge is 2.39. The number of aromatic amines is 1. The molecule has 2 saturated heterocycles. The number of piperidine rings is 1. The van der Waals surface area contributed by atoms with Gasteiger partial charge in [0, 0.05) is 29.2 Å². The van der Waals surface area contributed by atoms with Gasteiger partial charge in [0.2, 0.25) is 0 Å². The molecule has 2 aromatic rings. The summed E-state index contributed by atoms with van der Waals surface area (Å²) >= 11 is 0. The maximum absolute atomic E-state index is 4.09. The van der Waals surface area contributed by atoms with Crippen molar-refractivity contribution in [3.63, 3.8) is 0 Å². The van der Waals surface area contributed by atoms with Gasteiger partial charge in [0.25, 0.3) is 0 Å². The summed E-state index contributed by atoms with van der Waals surface area (Å²) in [6.45, 7) is 3.58. The number of nitrogens with zero attached hydrogens (tertiary/aromatic N) is 2. The Hall–Kier alpha value is -1.55. The lowest BCUT2D eigenvalue weighted by Crippen LogP contribution is -2.47. The molecule has 21 heavy (non-hydrogen) atoms. The van der Waals surface area contributed by atoms with E-state index in [1.54, 1.807) is 0 Å². The minimum absolute atomic E-state index is 0.625. The van der Waals surface area contributed by atoms with Crippen LogP contribution in [0.5, 0.6) is 0 Å².